The van der Waals surface area contributed by atoms with E-state index >= 15 is 0 Å². The first-order chi connectivity index (χ1) is 19.1. The maximum absolute atomic E-state index is 11.6. The number of hydroxylamine groups is 1. The van der Waals surface area contributed by atoms with E-state index in [2.05, 4.69) is 45.9 Å². The highest BCUT2D eigenvalue weighted by atomic mass is 19.4. The minimum absolute atomic E-state index is 0.439. The summed E-state index contributed by atoms with van der Waals surface area (Å²) in [6.45, 7) is 3.54. The first kappa shape index (κ1) is 28.7. The van der Waals surface area contributed by atoms with E-state index in [0.717, 1.165) is 43.9 Å². The fraction of sp³-hybridized carbons (Fsp3) is 0.241. The molecule has 0 fully saturated rings. The molecule has 8 nitrogen and oxygen atoms in total. The molecular formula is C29H28F3N3O5. The highest BCUT2D eigenvalue weighted by Gasteiger charge is 2.38. The fourth-order valence-corrected chi connectivity index (χ4v) is 4.81. The van der Waals surface area contributed by atoms with E-state index in [1.54, 1.807) is 24.7 Å². The van der Waals surface area contributed by atoms with E-state index in [1.165, 1.54) is 27.7 Å². The van der Waals surface area contributed by atoms with Gasteiger partial charge >= 0.3 is 12.1 Å². The second-order valence-electron chi connectivity index (χ2n) is 9.28. The fourth-order valence-electron chi connectivity index (χ4n) is 4.81. The van der Waals surface area contributed by atoms with E-state index in [9.17, 15) is 18.0 Å². The molecule has 0 unspecified atom stereocenters. The van der Waals surface area contributed by atoms with Crippen molar-refractivity contribution in [3.8, 4) is 5.75 Å². The van der Waals surface area contributed by atoms with Gasteiger partial charge in [0, 0.05) is 54.8 Å². The summed E-state index contributed by atoms with van der Waals surface area (Å²) >= 11 is 0. The number of carboxylic acid groups (broad SMARTS) is 1. The molecule has 5 rings (SSSR count). The van der Waals surface area contributed by atoms with Gasteiger partial charge in [0.25, 0.3) is 5.91 Å². The molecule has 4 aromatic rings. The van der Waals surface area contributed by atoms with Crippen molar-refractivity contribution in [3.63, 3.8) is 0 Å². The number of aromatic nitrogens is 1. The third-order valence-corrected chi connectivity index (χ3v) is 6.68. The van der Waals surface area contributed by atoms with Crippen LogP contribution in [-0.4, -0.2) is 51.5 Å². The Bertz CT molecular complexity index is 1500. The monoisotopic (exact) mass is 555 g/mol. The minimum atomic E-state index is -5.08. The summed E-state index contributed by atoms with van der Waals surface area (Å²) in [5, 5.41) is 17.3. The molecule has 0 bridgehead atoms. The number of carbonyl (C=O) groups excluding carboxylic acids is 1. The Morgan fingerprint density at radius 3 is 2.33 bits per heavy atom. The molecule has 0 aliphatic carbocycles. The third-order valence-electron chi connectivity index (χ3n) is 6.68. The number of halogens is 3. The lowest BCUT2D eigenvalue weighted by atomic mass is 10.0. The lowest BCUT2D eigenvalue weighted by Gasteiger charge is -2.28. The Labute approximate surface area is 228 Å². The summed E-state index contributed by atoms with van der Waals surface area (Å²) in [6, 6.07) is 24.3. The predicted octanol–water partition coefficient (Wildman–Crippen LogP) is 5.01. The van der Waals surface area contributed by atoms with Crippen molar-refractivity contribution < 1.29 is 37.8 Å². The molecule has 0 atom stereocenters. The van der Waals surface area contributed by atoms with E-state index < -0.39 is 18.1 Å². The summed E-state index contributed by atoms with van der Waals surface area (Å²) in [6.07, 6.45) is -4.10. The maximum atomic E-state index is 11.6. The average Bonchev–Trinajstić information content (AvgIpc) is 3.25. The Hall–Kier alpha value is -4.35. The number of carboxylic acids is 1. The maximum Gasteiger partial charge on any atom is 0.490 e. The third kappa shape index (κ3) is 6.61. The van der Waals surface area contributed by atoms with Crippen LogP contribution < -0.4 is 10.2 Å². The molecule has 0 spiro atoms. The lowest BCUT2D eigenvalue weighted by molar-refractivity contribution is -0.192. The van der Waals surface area contributed by atoms with Crippen molar-refractivity contribution in [2.75, 3.05) is 13.7 Å². The number of hydrogen-bond donors (Lipinski definition) is 3. The highest BCUT2D eigenvalue weighted by molar-refractivity contribution is 5.93. The number of amides is 1. The first-order valence-electron chi connectivity index (χ1n) is 12.4. The number of benzene rings is 3. The number of carbonyl (C=O) groups is 2. The number of alkyl halides is 3. The Morgan fingerprint density at radius 2 is 1.68 bits per heavy atom. The first-order valence-corrected chi connectivity index (χ1v) is 12.4. The zero-order valence-corrected chi connectivity index (χ0v) is 21.6. The van der Waals surface area contributed by atoms with Crippen LogP contribution in [0.4, 0.5) is 13.2 Å². The Morgan fingerprint density at radius 1 is 0.975 bits per heavy atom. The molecule has 1 aliphatic rings. The van der Waals surface area contributed by atoms with Gasteiger partial charge in [-0.3, -0.25) is 14.9 Å². The van der Waals surface area contributed by atoms with E-state index in [1.807, 2.05) is 24.3 Å². The standard InChI is InChI=1S/C27H27N3O3.C2HF3O2/c1-33-22-6-4-5-20(15-22)16-29-14-13-26-24(18-29)23-7-2-3-8-25(23)30(26)17-19-9-11-21(12-10-19)27(31)28-32;3-2(4,5)1(6)7/h2-12,15,32H,13-14,16-18H2,1H3,(H,28,31);(H,6,7). The molecule has 1 aliphatic heterocycles. The van der Waals surface area contributed by atoms with Gasteiger partial charge in [-0.15, -0.1) is 0 Å². The van der Waals surface area contributed by atoms with Crippen LogP contribution in [0.15, 0.2) is 72.8 Å². The quantitative estimate of drug-likeness (QED) is 0.228. The summed E-state index contributed by atoms with van der Waals surface area (Å²) < 4.78 is 39.5. The molecule has 1 aromatic heterocycles. The van der Waals surface area contributed by atoms with Crippen molar-refractivity contribution >= 4 is 22.8 Å². The smallest absolute Gasteiger partial charge is 0.490 e. The summed E-state index contributed by atoms with van der Waals surface area (Å²) in [7, 11) is 1.70. The van der Waals surface area contributed by atoms with Crippen LogP contribution in [0.2, 0.25) is 0 Å². The summed E-state index contributed by atoms with van der Waals surface area (Å²) in [5.74, 6) is -2.36. The Kier molecular flexibility index (Phi) is 8.76. The van der Waals surface area contributed by atoms with Gasteiger partial charge in [0.1, 0.15) is 5.75 Å². The van der Waals surface area contributed by atoms with Crippen molar-refractivity contribution in [1.29, 1.82) is 0 Å². The van der Waals surface area contributed by atoms with Crippen molar-refractivity contribution in [2.24, 2.45) is 0 Å². The molecule has 0 saturated carbocycles. The van der Waals surface area contributed by atoms with Gasteiger partial charge in [-0.05, 0) is 47.0 Å². The normalized spacial score (nSPS) is 13.2. The largest absolute Gasteiger partial charge is 0.497 e. The van der Waals surface area contributed by atoms with Crippen LogP contribution in [0.5, 0.6) is 5.75 Å². The van der Waals surface area contributed by atoms with Crippen LogP contribution in [-0.2, 0) is 30.8 Å². The summed E-state index contributed by atoms with van der Waals surface area (Å²) in [4.78, 5) is 23.0. The van der Waals surface area contributed by atoms with Crippen LogP contribution in [0, 0.1) is 0 Å². The number of aliphatic carboxylic acids is 1. The molecule has 0 radical (unpaired) electrons. The molecule has 2 heterocycles. The van der Waals surface area contributed by atoms with Gasteiger partial charge in [0.15, 0.2) is 0 Å². The van der Waals surface area contributed by atoms with Crippen LogP contribution >= 0.6 is 0 Å². The number of para-hydroxylation sites is 1. The molecule has 11 heteroatoms. The van der Waals surface area contributed by atoms with Gasteiger partial charge in [0.05, 0.1) is 7.11 Å². The number of nitrogens with zero attached hydrogens (tertiary/aromatic N) is 2. The Balaban J connectivity index is 0.000000470. The van der Waals surface area contributed by atoms with E-state index in [4.69, 9.17) is 19.8 Å². The van der Waals surface area contributed by atoms with Crippen molar-refractivity contribution in [1.82, 2.24) is 14.9 Å². The van der Waals surface area contributed by atoms with Gasteiger partial charge in [-0.2, -0.15) is 13.2 Å². The van der Waals surface area contributed by atoms with Gasteiger partial charge in [-0.1, -0.05) is 42.5 Å². The number of hydrogen-bond acceptors (Lipinski definition) is 5. The van der Waals surface area contributed by atoms with Gasteiger partial charge in [0.2, 0.25) is 0 Å². The van der Waals surface area contributed by atoms with Crippen LogP contribution in [0.25, 0.3) is 10.9 Å². The molecule has 40 heavy (non-hydrogen) atoms. The zero-order chi connectivity index (χ0) is 28.9. The zero-order valence-electron chi connectivity index (χ0n) is 21.6. The SMILES string of the molecule is COc1cccc(CN2CCc3c(c4ccccc4n3Cc3ccc(C(=O)NO)cc3)C2)c1.O=C(O)C(F)(F)F. The molecular weight excluding hydrogens is 527 g/mol. The second-order valence-corrected chi connectivity index (χ2v) is 9.28. The van der Waals surface area contributed by atoms with Crippen molar-refractivity contribution in [3.05, 3.63) is 101 Å². The molecule has 0 saturated heterocycles. The topological polar surface area (TPSA) is 104 Å². The molecule has 210 valence electrons. The number of fused-ring (bicyclic) bond motifs is 3. The second kappa shape index (κ2) is 12.2. The van der Waals surface area contributed by atoms with Gasteiger partial charge in [-0.25, -0.2) is 10.3 Å². The number of rotatable bonds is 6. The molecule has 3 aromatic carbocycles. The number of ether oxygens (including phenoxy) is 1. The molecule has 1 amide bonds. The predicted molar refractivity (Wildman–Crippen MR) is 141 cm³/mol. The van der Waals surface area contributed by atoms with E-state index in [-0.39, 0.29) is 0 Å². The average molecular weight is 556 g/mol. The van der Waals surface area contributed by atoms with Crippen LogP contribution in [0.3, 0.4) is 0 Å². The highest BCUT2D eigenvalue weighted by Crippen LogP contribution is 2.32. The van der Waals surface area contributed by atoms with Crippen molar-refractivity contribution in [2.45, 2.75) is 32.2 Å². The van der Waals surface area contributed by atoms with Gasteiger partial charge < -0.3 is 14.4 Å². The van der Waals surface area contributed by atoms with Crippen LogP contribution in [0.1, 0.15) is 32.7 Å². The number of methoxy groups -OCH3 is 1. The molecule has 3 N–H and O–H groups in total. The summed E-state index contributed by atoms with van der Waals surface area (Å²) in [5.41, 5.74) is 8.52. The lowest BCUT2D eigenvalue weighted by Crippen LogP contribution is -2.30. The number of nitrogens with one attached hydrogen (secondary N) is 1. The minimum Gasteiger partial charge on any atom is -0.497 e. The van der Waals surface area contributed by atoms with E-state index in [0.29, 0.717) is 5.56 Å².